The van der Waals surface area contributed by atoms with Gasteiger partial charge in [-0.3, -0.25) is 4.79 Å². The number of carbonyl (C=O) groups excluding carboxylic acids is 1. The number of anilines is 2. The lowest BCUT2D eigenvalue weighted by Gasteiger charge is -2.22. The van der Waals surface area contributed by atoms with Gasteiger partial charge in [0.05, 0.1) is 21.7 Å². The zero-order chi connectivity index (χ0) is 16.3. The highest BCUT2D eigenvalue weighted by atomic mass is 32.2. The van der Waals surface area contributed by atoms with Gasteiger partial charge in [0, 0.05) is 13.1 Å². The minimum absolute atomic E-state index is 0.109. The van der Waals surface area contributed by atoms with Crippen molar-refractivity contribution in [3.8, 4) is 0 Å². The van der Waals surface area contributed by atoms with Crippen LogP contribution >= 0.6 is 0 Å². The van der Waals surface area contributed by atoms with Crippen molar-refractivity contribution in [1.29, 1.82) is 0 Å². The first kappa shape index (κ1) is 17.3. The minimum Gasteiger partial charge on any atom is -0.397 e. The number of rotatable bonds is 7. The summed E-state index contributed by atoms with van der Waals surface area (Å²) in [7, 11) is -3.56. The first-order valence-corrected chi connectivity index (χ1v) is 8.01. The van der Waals surface area contributed by atoms with Crippen molar-refractivity contribution in [2.75, 3.05) is 24.1 Å². The highest BCUT2D eigenvalue weighted by Gasteiger charge is 2.25. The largest absolute Gasteiger partial charge is 0.397 e. The van der Waals surface area contributed by atoms with E-state index in [0.29, 0.717) is 17.9 Å². The summed E-state index contributed by atoms with van der Waals surface area (Å²) in [4.78, 5) is 11.4. The summed E-state index contributed by atoms with van der Waals surface area (Å²) in [6.07, 6.45) is 0. The number of hydrogen-bond donors (Lipinski definition) is 4. The lowest BCUT2D eigenvalue weighted by atomic mass is 9.92. The van der Waals surface area contributed by atoms with Crippen LogP contribution in [0.3, 0.4) is 0 Å². The van der Waals surface area contributed by atoms with Gasteiger partial charge < -0.3 is 16.8 Å². The quantitative estimate of drug-likeness (QED) is 0.545. The fourth-order valence-electron chi connectivity index (χ4n) is 1.53. The molecule has 118 valence electrons. The third kappa shape index (κ3) is 4.33. The Morgan fingerprint density at radius 2 is 1.95 bits per heavy atom. The monoisotopic (exact) mass is 314 g/mol. The maximum Gasteiger partial charge on any atom is 0.240 e. The van der Waals surface area contributed by atoms with Gasteiger partial charge in [-0.25, -0.2) is 13.1 Å². The van der Waals surface area contributed by atoms with Crippen LogP contribution in [0.5, 0.6) is 0 Å². The number of amides is 1. The van der Waals surface area contributed by atoms with Crippen molar-refractivity contribution in [2.45, 2.75) is 25.7 Å². The minimum atomic E-state index is -3.56. The zero-order valence-corrected chi connectivity index (χ0v) is 13.3. The molecule has 0 saturated carbocycles. The summed E-state index contributed by atoms with van der Waals surface area (Å²) in [6, 6.07) is 4.37. The van der Waals surface area contributed by atoms with Gasteiger partial charge in [0.25, 0.3) is 0 Å². The smallest absolute Gasteiger partial charge is 0.240 e. The van der Waals surface area contributed by atoms with Crippen LogP contribution in [0.1, 0.15) is 20.8 Å². The molecule has 6 N–H and O–H groups in total. The van der Waals surface area contributed by atoms with E-state index < -0.39 is 21.3 Å². The zero-order valence-electron chi connectivity index (χ0n) is 12.4. The Morgan fingerprint density at radius 1 is 1.33 bits per heavy atom. The van der Waals surface area contributed by atoms with E-state index in [1.165, 1.54) is 18.2 Å². The van der Waals surface area contributed by atoms with Crippen LogP contribution in [0.15, 0.2) is 23.1 Å². The molecule has 0 saturated heterocycles. The Kier molecular flexibility index (Phi) is 5.19. The fraction of sp³-hybridized carbons (Fsp3) is 0.462. The van der Waals surface area contributed by atoms with Crippen LogP contribution in [-0.2, 0) is 14.8 Å². The van der Waals surface area contributed by atoms with E-state index in [1.807, 2.05) is 0 Å². The Balaban J connectivity index is 3.02. The molecule has 0 spiro atoms. The molecule has 0 radical (unpaired) electrons. The number of sulfonamides is 1. The Labute approximate surface area is 125 Å². The molecule has 0 unspecified atom stereocenters. The second-order valence-electron chi connectivity index (χ2n) is 5.35. The second kappa shape index (κ2) is 6.31. The van der Waals surface area contributed by atoms with Crippen LogP contribution in [0, 0.1) is 5.41 Å². The lowest BCUT2D eigenvalue weighted by Crippen LogP contribution is -2.37. The van der Waals surface area contributed by atoms with Gasteiger partial charge in [-0.15, -0.1) is 0 Å². The summed E-state index contributed by atoms with van der Waals surface area (Å²) in [5.74, 6) is -0.454. The summed E-state index contributed by atoms with van der Waals surface area (Å²) < 4.78 is 26.3. The molecule has 0 aliphatic carbocycles. The highest BCUT2D eigenvalue weighted by Crippen LogP contribution is 2.24. The summed E-state index contributed by atoms with van der Waals surface area (Å²) in [6.45, 7) is 5.63. The molecule has 0 aliphatic heterocycles. The molecule has 1 aromatic rings. The number of nitrogens with two attached hydrogens (primary N) is 2. The van der Waals surface area contributed by atoms with Crippen molar-refractivity contribution >= 4 is 27.3 Å². The van der Waals surface area contributed by atoms with E-state index >= 15 is 0 Å². The van der Waals surface area contributed by atoms with E-state index in [9.17, 15) is 13.2 Å². The molecule has 0 fully saturated rings. The third-order valence-corrected chi connectivity index (χ3v) is 4.60. The molecule has 8 heteroatoms. The molecule has 1 rings (SSSR count). The average Bonchev–Trinajstić information content (AvgIpc) is 2.37. The summed E-state index contributed by atoms with van der Waals surface area (Å²) in [5, 5.41) is 2.97. The van der Waals surface area contributed by atoms with Crippen molar-refractivity contribution in [1.82, 2.24) is 4.72 Å². The molecular weight excluding hydrogens is 292 g/mol. The van der Waals surface area contributed by atoms with E-state index in [-0.39, 0.29) is 11.4 Å². The fourth-order valence-corrected chi connectivity index (χ4v) is 2.60. The Hall–Kier alpha value is -1.80. The molecule has 0 atom stereocenters. The van der Waals surface area contributed by atoms with Gasteiger partial charge in [0.2, 0.25) is 15.9 Å². The van der Waals surface area contributed by atoms with E-state index in [1.54, 1.807) is 20.8 Å². The predicted molar refractivity (Wildman–Crippen MR) is 83.2 cm³/mol. The van der Waals surface area contributed by atoms with E-state index in [4.69, 9.17) is 11.5 Å². The van der Waals surface area contributed by atoms with Crippen molar-refractivity contribution in [3.63, 3.8) is 0 Å². The number of primary amides is 1. The SMILES string of the molecule is CCNS(=O)(=O)c1ccc(N)c(NCC(C)(C)C(N)=O)c1. The highest BCUT2D eigenvalue weighted by molar-refractivity contribution is 7.89. The van der Waals surface area contributed by atoms with Gasteiger partial charge in [-0.05, 0) is 32.0 Å². The maximum atomic E-state index is 12.0. The van der Waals surface area contributed by atoms with Gasteiger partial charge in [0.15, 0.2) is 0 Å². The maximum absolute atomic E-state index is 12.0. The number of nitrogens with one attached hydrogen (secondary N) is 2. The van der Waals surface area contributed by atoms with Crippen LogP contribution in [-0.4, -0.2) is 27.4 Å². The molecule has 0 aromatic heterocycles. The molecule has 0 bridgehead atoms. The predicted octanol–water partition coefficient (Wildman–Crippen LogP) is 0.490. The Bertz CT molecular complexity index is 626. The number of carbonyl (C=O) groups is 1. The van der Waals surface area contributed by atoms with Crippen molar-refractivity contribution in [3.05, 3.63) is 18.2 Å². The van der Waals surface area contributed by atoms with Crippen molar-refractivity contribution in [2.24, 2.45) is 11.1 Å². The molecule has 7 nitrogen and oxygen atoms in total. The van der Waals surface area contributed by atoms with Gasteiger partial charge >= 0.3 is 0 Å². The molecule has 0 aliphatic rings. The first-order chi connectivity index (χ1) is 9.60. The first-order valence-electron chi connectivity index (χ1n) is 6.53. The Morgan fingerprint density at radius 3 is 2.48 bits per heavy atom. The van der Waals surface area contributed by atoms with Crippen molar-refractivity contribution < 1.29 is 13.2 Å². The molecule has 0 heterocycles. The summed E-state index contributed by atoms with van der Waals surface area (Å²) >= 11 is 0. The standard InChI is InChI=1S/C13H22N4O3S/c1-4-17-21(19,20)9-5-6-10(14)11(7-9)16-8-13(2,3)12(15)18/h5-7,16-17H,4,8,14H2,1-3H3,(H2,15,18). The molecular formula is C13H22N4O3S. The molecule has 1 aromatic carbocycles. The number of nitrogen functional groups attached to an aromatic ring is 1. The summed E-state index contributed by atoms with van der Waals surface area (Å²) in [5.41, 5.74) is 11.2. The lowest BCUT2D eigenvalue weighted by molar-refractivity contribution is -0.125. The molecule has 21 heavy (non-hydrogen) atoms. The average molecular weight is 314 g/mol. The third-order valence-electron chi connectivity index (χ3n) is 3.06. The number of hydrogen-bond acceptors (Lipinski definition) is 5. The van der Waals surface area contributed by atoms with Crippen LogP contribution in [0.4, 0.5) is 11.4 Å². The van der Waals surface area contributed by atoms with Gasteiger partial charge in [0.1, 0.15) is 0 Å². The van der Waals surface area contributed by atoms with E-state index in [0.717, 1.165) is 0 Å². The van der Waals surface area contributed by atoms with Gasteiger partial charge in [-0.2, -0.15) is 0 Å². The van der Waals surface area contributed by atoms with Crippen LogP contribution < -0.4 is 21.5 Å². The van der Waals surface area contributed by atoms with Crippen LogP contribution in [0.25, 0.3) is 0 Å². The number of benzene rings is 1. The second-order valence-corrected chi connectivity index (χ2v) is 7.12. The normalized spacial score (nSPS) is 12.1. The van der Waals surface area contributed by atoms with Gasteiger partial charge in [-0.1, -0.05) is 6.92 Å². The topological polar surface area (TPSA) is 127 Å². The molecule has 1 amide bonds. The van der Waals surface area contributed by atoms with E-state index in [2.05, 4.69) is 10.0 Å². The van der Waals surface area contributed by atoms with Crippen LogP contribution in [0.2, 0.25) is 0 Å².